The van der Waals surface area contributed by atoms with Crippen LogP contribution in [0.1, 0.15) is 12.8 Å². The average Bonchev–Trinajstić information content (AvgIpc) is 2.50. The van der Waals surface area contributed by atoms with Gasteiger partial charge >= 0.3 is 0 Å². The fourth-order valence-corrected chi connectivity index (χ4v) is 2.78. The summed E-state index contributed by atoms with van der Waals surface area (Å²) in [5, 5.41) is 15.2. The first-order valence-electron chi connectivity index (χ1n) is 6.32. The van der Waals surface area contributed by atoms with Crippen molar-refractivity contribution in [1.29, 1.82) is 0 Å². The second-order valence-corrected chi connectivity index (χ2v) is 6.08. The van der Waals surface area contributed by atoms with Gasteiger partial charge in [-0.3, -0.25) is 4.79 Å². The van der Waals surface area contributed by atoms with Crippen molar-refractivity contribution >= 4 is 45.0 Å². The van der Waals surface area contributed by atoms with Crippen LogP contribution < -0.4 is 11.1 Å². The molecule has 1 amide bonds. The summed E-state index contributed by atoms with van der Waals surface area (Å²) in [4.78, 5) is 12.6. The number of ether oxygens (including phenoxy) is 1. The first-order chi connectivity index (χ1) is 9.99. The Hall–Kier alpha value is -1.31. The van der Waals surface area contributed by atoms with Crippen molar-refractivity contribution in [1.82, 2.24) is 0 Å². The first-order valence-corrected chi connectivity index (χ1v) is 7.49. The lowest BCUT2D eigenvalue weighted by Crippen LogP contribution is -2.50. The largest absolute Gasteiger partial charge is 0.409 e. The van der Waals surface area contributed by atoms with Crippen LogP contribution in [0.3, 0.4) is 0 Å². The molecule has 0 spiro atoms. The summed E-state index contributed by atoms with van der Waals surface area (Å²) in [6, 6.07) is 5.13. The molecule has 4 N–H and O–H groups in total. The van der Waals surface area contributed by atoms with E-state index >= 15 is 0 Å². The molecule has 0 bridgehead atoms. The van der Waals surface area contributed by atoms with E-state index in [0.29, 0.717) is 36.8 Å². The van der Waals surface area contributed by atoms with E-state index in [1.807, 2.05) is 0 Å². The highest BCUT2D eigenvalue weighted by Crippen LogP contribution is 2.34. The van der Waals surface area contributed by atoms with Gasteiger partial charge in [0, 0.05) is 17.7 Å². The average molecular weight is 377 g/mol. The number of carbonyl (C=O) groups excluding carboxylic acids is 1. The van der Waals surface area contributed by atoms with Gasteiger partial charge in [0.1, 0.15) is 5.41 Å². The van der Waals surface area contributed by atoms with Crippen LogP contribution in [0.5, 0.6) is 0 Å². The van der Waals surface area contributed by atoms with Gasteiger partial charge in [0.25, 0.3) is 0 Å². The number of oxime groups is 1. The summed E-state index contributed by atoms with van der Waals surface area (Å²) >= 11 is 9.39. The van der Waals surface area contributed by atoms with Crippen molar-refractivity contribution in [3.05, 3.63) is 27.7 Å². The van der Waals surface area contributed by atoms with Crippen molar-refractivity contribution in [2.45, 2.75) is 12.8 Å². The minimum absolute atomic E-state index is 0.116. The molecule has 2 rings (SSSR count). The molecule has 1 saturated heterocycles. The lowest BCUT2D eigenvalue weighted by molar-refractivity contribution is -0.126. The molecule has 114 valence electrons. The molecule has 1 aromatic carbocycles. The van der Waals surface area contributed by atoms with Crippen LogP contribution in [0.15, 0.2) is 27.8 Å². The van der Waals surface area contributed by atoms with Crippen molar-refractivity contribution < 1.29 is 14.7 Å². The quantitative estimate of drug-likeness (QED) is 0.327. The Kier molecular flexibility index (Phi) is 5.08. The maximum absolute atomic E-state index is 12.6. The number of nitrogens with zero attached hydrogens (tertiary/aromatic N) is 1. The summed E-state index contributed by atoms with van der Waals surface area (Å²) in [7, 11) is 0. The van der Waals surface area contributed by atoms with Crippen molar-refractivity contribution in [2.75, 3.05) is 18.5 Å². The van der Waals surface area contributed by atoms with Crippen LogP contribution in [0.2, 0.25) is 5.02 Å². The van der Waals surface area contributed by atoms with Crippen LogP contribution in [-0.2, 0) is 9.53 Å². The van der Waals surface area contributed by atoms with E-state index in [2.05, 4.69) is 26.4 Å². The molecule has 0 saturated carbocycles. The minimum Gasteiger partial charge on any atom is -0.409 e. The molecule has 8 heteroatoms. The van der Waals surface area contributed by atoms with E-state index in [1.54, 1.807) is 18.2 Å². The second-order valence-electron chi connectivity index (χ2n) is 4.76. The standard InChI is InChI=1S/C13H15BrClN3O3/c14-8-1-2-9(15)10(7-8)17-12(19)13(11(16)18-20)3-5-21-6-4-13/h1-2,7,20H,3-6H2,(H2,16,18)(H,17,19). The summed E-state index contributed by atoms with van der Waals surface area (Å²) in [5.41, 5.74) is 5.13. The Morgan fingerprint density at radius 2 is 2.14 bits per heavy atom. The highest BCUT2D eigenvalue weighted by Gasteiger charge is 2.44. The van der Waals surface area contributed by atoms with E-state index in [-0.39, 0.29) is 11.7 Å². The molecule has 1 aromatic rings. The Morgan fingerprint density at radius 3 is 2.76 bits per heavy atom. The molecule has 0 aromatic heterocycles. The molecular formula is C13H15BrClN3O3. The monoisotopic (exact) mass is 375 g/mol. The summed E-state index contributed by atoms with van der Waals surface area (Å²) in [6.07, 6.45) is 0.695. The number of rotatable bonds is 3. The molecule has 0 aliphatic carbocycles. The van der Waals surface area contributed by atoms with Crippen LogP contribution in [0, 0.1) is 5.41 Å². The fourth-order valence-electron chi connectivity index (χ4n) is 2.25. The zero-order valence-corrected chi connectivity index (χ0v) is 13.4. The Bertz CT molecular complexity index is 574. The molecule has 0 radical (unpaired) electrons. The normalized spacial score (nSPS) is 18.3. The smallest absolute Gasteiger partial charge is 0.238 e. The fraction of sp³-hybridized carbons (Fsp3) is 0.385. The Balaban J connectivity index is 2.29. The van der Waals surface area contributed by atoms with Crippen LogP contribution in [0.25, 0.3) is 0 Å². The zero-order valence-electron chi connectivity index (χ0n) is 11.1. The molecule has 0 unspecified atom stereocenters. The highest BCUT2D eigenvalue weighted by atomic mass is 79.9. The molecule has 1 aliphatic rings. The number of amidine groups is 1. The molecule has 1 heterocycles. The Morgan fingerprint density at radius 1 is 1.48 bits per heavy atom. The molecule has 1 aliphatic heterocycles. The lowest BCUT2D eigenvalue weighted by Gasteiger charge is -2.34. The number of carbonyl (C=O) groups is 1. The zero-order chi connectivity index (χ0) is 15.5. The van der Waals surface area contributed by atoms with Gasteiger partial charge in [-0.15, -0.1) is 0 Å². The number of halogens is 2. The van der Waals surface area contributed by atoms with E-state index < -0.39 is 5.41 Å². The summed E-state index contributed by atoms with van der Waals surface area (Å²) < 4.78 is 6.04. The topological polar surface area (TPSA) is 96.9 Å². The van der Waals surface area contributed by atoms with Gasteiger partial charge in [0.15, 0.2) is 5.84 Å². The third kappa shape index (κ3) is 3.30. The maximum atomic E-state index is 12.6. The SMILES string of the molecule is NC(=NO)C1(C(=O)Nc2cc(Br)ccc2Cl)CCOCC1. The summed E-state index contributed by atoms with van der Waals surface area (Å²) in [5.74, 6) is -0.476. The molecular weight excluding hydrogens is 362 g/mol. The van der Waals surface area contributed by atoms with Crippen molar-refractivity contribution in [3.63, 3.8) is 0 Å². The number of anilines is 1. The number of hydrogen-bond acceptors (Lipinski definition) is 4. The van der Waals surface area contributed by atoms with E-state index in [9.17, 15) is 4.79 Å². The predicted octanol–water partition coefficient (Wildman–Crippen LogP) is 2.58. The third-order valence-corrected chi connectivity index (χ3v) is 4.38. The van der Waals surface area contributed by atoms with Gasteiger partial charge in [-0.25, -0.2) is 0 Å². The molecule has 6 nitrogen and oxygen atoms in total. The van der Waals surface area contributed by atoms with Gasteiger partial charge < -0.3 is 21.0 Å². The number of amides is 1. The van der Waals surface area contributed by atoms with Gasteiger partial charge in [0.2, 0.25) is 5.91 Å². The Labute approximate surface area is 135 Å². The van der Waals surface area contributed by atoms with E-state index in [0.717, 1.165) is 4.47 Å². The highest BCUT2D eigenvalue weighted by molar-refractivity contribution is 9.10. The number of hydrogen-bond donors (Lipinski definition) is 3. The number of nitrogens with two attached hydrogens (primary N) is 1. The molecule has 1 fully saturated rings. The number of nitrogens with one attached hydrogen (secondary N) is 1. The predicted molar refractivity (Wildman–Crippen MR) is 83.7 cm³/mol. The van der Waals surface area contributed by atoms with E-state index in [1.165, 1.54) is 0 Å². The maximum Gasteiger partial charge on any atom is 0.238 e. The van der Waals surface area contributed by atoms with Crippen LogP contribution >= 0.6 is 27.5 Å². The van der Waals surface area contributed by atoms with E-state index in [4.69, 9.17) is 27.3 Å². The van der Waals surface area contributed by atoms with Crippen LogP contribution in [-0.4, -0.2) is 30.2 Å². The molecule has 21 heavy (non-hydrogen) atoms. The van der Waals surface area contributed by atoms with Gasteiger partial charge in [-0.05, 0) is 31.0 Å². The second kappa shape index (κ2) is 6.64. The lowest BCUT2D eigenvalue weighted by atomic mass is 9.78. The van der Waals surface area contributed by atoms with Gasteiger partial charge in [0.05, 0.1) is 10.7 Å². The number of benzene rings is 1. The first kappa shape index (κ1) is 16.1. The van der Waals surface area contributed by atoms with Gasteiger partial charge in [-0.1, -0.05) is 32.7 Å². The van der Waals surface area contributed by atoms with Crippen molar-refractivity contribution in [3.8, 4) is 0 Å². The molecule has 0 atom stereocenters. The van der Waals surface area contributed by atoms with Crippen molar-refractivity contribution in [2.24, 2.45) is 16.3 Å². The minimum atomic E-state index is -1.08. The third-order valence-electron chi connectivity index (χ3n) is 3.56. The van der Waals surface area contributed by atoms with Gasteiger partial charge in [-0.2, -0.15) is 0 Å². The summed E-state index contributed by atoms with van der Waals surface area (Å²) in [6.45, 7) is 0.742. The van der Waals surface area contributed by atoms with Crippen LogP contribution in [0.4, 0.5) is 5.69 Å².